The van der Waals surface area contributed by atoms with Crippen molar-refractivity contribution in [1.29, 1.82) is 0 Å². The summed E-state index contributed by atoms with van der Waals surface area (Å²) in [5.41, 5.74) is 4.86. The molecule has 1 aromatic heterocycles. The van der Waals surface area contributed by atoms with E-state index in [1.54, 1.807) is 0 Å². The lowest BCUT2D eigenvalue weighted by atomic mass is 10.00. The van der Waals surface area contributed by atoms with Gasteiger partial charge in [-0.3, -0.25) is 0 Å². The molecule has 0 unspecified atom stereocenters. The van der Waals surface area contributed by atoms with Crippen LogP contribution in [0.5, 0.6) is 0 Å². The summed E-state index contributed by atoms with van der Waals surface area (Å²) in [6.07, 6.45) is 0. The molecule has 0 aliphatic carbocycles. The van der Waals surface area contributed by atoms with Crippen LogP contribution >= 0.6 is 11.7 Å². The van der Waals surface area contributed by atoms with E-state index in [2.05, 4.69) is 8.75 Å². The summed E-state index contributed by atoms with van der Waals surface area (Å²) in [6, 6.07) is 13.8. The van der Waals surface area contributed by atoms with Gasteiger partial charge in [0, 0.05) is 0 Å². The van der Waals surface area contributed by atoms with Crippen LogP contribution in [0.25, 0.3) is 22.2 Å². The normalized spacial score (nSPS) is 10.9. The van der Waals surface area contributed by atoms with Crippen LogP contribution in [0.2, 0.25) is 0 Å². The highest BCUT2D eigenvalue weighted by atomic mass is 32.1. The van der Waals surface area contributed by atoms with Gasteiger partial charge in [0.2, 0.25) is 0 Å². The van der Waals surface area contributed by atoms with Crippen molar-refractivity contribution in [1.82, 2.24) is 8.75 Å². The van der Waals surface area contributed by atoms with E-state index in [1.165, 1.54) is 11.7 Å². The van der Waals surface area contributed by atoms with Crippen molar-refractivity contribution in [2.24, 2.45) is 0 Å². The minimum atomic E-state index is 0.0452. The average Bonchev–Trinajstić information content (AvgIpc) is 2.85. The van der Waals surface area contributed by atoms with Crippen molar-refractivity contribution < 1.29 is 5.11 Å². The second-order valence-corrected chi connectivity index (χ2v) is 4.31. The van der Waals surface area contributed by atoms with Crippen molar-refractivity contribution in [2.45, 2.75) is 6.61 Å². The van der Waals surface area contributed by atoms with Gasteiger partial charge in [-0.2, -0.15) is 8.75 Å². The standard InChI is InChI=1S/C13H10N2OS/c16-8-10-3-1-2-4-11(10)9-5-6-12-13(7-9)15-17-14-12/h1-7,16H,8H2. The van der Waals surface area contributed by atoms with Crippen LogP contribution in [0, 0.1) is 0 Å². The zero-order valence-electron chi connectivity index (χ0n) is 9.00. The van der Waals surface area contributed by atoms with E-state index in [0.29, 0.717) is 0 Å². The third kappa shape index (κ3) is 1.81. The molecule has 0 spiro atoms. The lowest BCUT2D eigenvalue weighted by Crippen LogP contribution is -1.88. The Hall–Kier alpha value is -1.78. The highest BCUT2D eigenvalue weighted by Crippen LogP contribution is 2.26. The zero-order chi connectivity index (χ0) is 11.7. The Morgan fingerprint density at radius 1 is 1.00 bits per heavy atom. The molecule has 3 rings (SSSR count). The molecule has 84 valence electrons. The Morgan fingerprint density at radius 2 is 1.82 bits per heavy atom. The second kappa shape index (κ2) is 4.24. The number of aliphatic hydroxyl groups is 1. The number of hydrogen-bond donors (Lipinski definition) is 1. The van der Waals surface area contributed by atoms with Crippen LogP contribution < -0.4 is 0 Å². The molecule has 1 heterocycles. The number of aromatic nitrogens is 2. The van der Waals surface area contributed by atoms with E-state index in [4.69, 9.17) is 0 Å². The monoisotopic (exact) mass is 242 g/mol. The second-order valence-electron chi connectivity index (χ2n) is 3.78. The largest absolute Gasteiger partial charge is 0.392 e. The van der Waals surface area contributed by atoms with E-state index >= 15 is 0 Å². The fourth-order valence-electron chi connectivity index (χ4n) is 1.89. The molecule has 0 fully saturated rings. The summed E-state index contributed by atoms with van der Waals surface area (Å²) in [4.78, 5) is 0. The third-order valence-corrected chi connectivity index (χ3v) is 3.31. The van der Waals surface area contributed by atoms with Gasteiger partial charge in [0.05, 0.1) is 18.3 Å². The molecular formula is C13H10N2OS. The van der Waals surface area contributed by atoms with E-state index in [1.807, 2.05) is 42.5 Å². The van der Waals surface area contributed by atoms with Gasteiger partial charge in [-0.05, 0) is 28.8 Å². The molecule has 0 bridgehead atoms. The smallest absolute Gasteiger partial charge is 0.105 e. The van der Waals surface area contributed by atoms with E-state index in [0.717, 1.165) is 27.7 Å². The van der Waals surface area contributed by atoms with Gasteiger partial charge < -0.3 is 5.11 Å². The first-order valence-electron chi connectivity index (χ1n) is 5.30. The first kappa shape index (κ1) is 10.4. The van der Waals surface area contributed by atoms with Crippen LogP contribution in [0.4, 0.5) is 0 Å². The molecule has 0 radical (unpaired) electrons. The predicted octanol–water partition coefficient (Wildman–Crippen LogP) is 2.85. The lowest BCUT2D eigenvalue weighted by molar-refractivity contribution is 0.282. The predicted molar refractivity (Wildman–Crippen MR) is 68.8 cm³/mol. The molecule has 0 aliphatic rings. The van der Waals surface area contributed by atoms with Crippen LogP contribution in [-0.4, -0.2) is 13.9 Å². The molecule has 4 heteroatoms. The Labute approximate surface area is 103 Å². The number of rotatable bonds is 2. The van der Waals surface area contributed by atoms with Gasteiger partial charge in [-0.25, -0.2) is 0 Å². The Morgan fingerprint density at radius 3 is 2.71 bits per heavy atom. The van der Waals surface area contributed by atoms with Crippen molar-refractivity contribution in [2.75, 3.05) is 0 Å². The van der Waals surface area contributed by atoms with Crippen LogP contribution in [-0.2, 0) is 6.61 Å². The Kier molecular flexibility index (Phi) is 2.59. The summed E-state index contributed by atoms with van der Waals surface area (Å²) >= 11 is 1.22. The fraction of sp³-hybridized carbons (Fsp3) is 0.0769. The van der Waals surface area contributed by atoms with Crippen molar-refractivity contribution in [3.63, 3.8) is 0 Å². The van der Waals surface area contributed by atoms with E-state index in [9.17, 15) is 5.11 Å². The molecule has 2 aromatic carbocycles. The Bertz CT molecular complexity index is 663. The number of aliphatic hydroxyl groups excluding tert-OH is 1. The van der Waals surface area contributed by atoms with Gasteiger partial charge in [0.25, 0.3) is 0 Å². The number of benzene rings is 2. The summed E-state index contributed by atoms with van der Waals surface area (Å²) in [6.45, 7) is 0.0452. The van der Waals surface area contributed by atoms with Gasteiger partial charge >= 0.3 is 0 Å². The maximum Gasteiger partial charge on any atom is 0.105 e. The quantitative estimate of drug-likeness (QED) is 0.751. The number of hydrogen-bond acceptors (Lipinski definition) is 4. The molecule has 17 heavy (non-hydrogen) atoms. The molecule has 3 nitrogen and oxygen atoms in total. The topological polar surface area (TPSA) is 46.0 Å². The van der Waals surface area contributed by atoms with Crippen molar-refractivity contribution in [3.8, 4) is 11.1 Å². The van der Waals surface area contributed by atoms with Gasteiger partial charge in [-0.15, -0.1) is 0 Å². The Balaban J connectivity index is 2.19. The first-order chi connectivity index (χ1) is 8.38. The molecule has 0 saturated heterocycles. The van der Waals surface area contributed by atoms with Crippen molar-refractivity contribution in [3.05, 3.63) is 48.0 Å². The molecule has 1 N–H and O–H groups in total. The van der Waals surface area contributed by atoms with E-state index in [-0.39, 0.29) is 6.61 Å². The fourth-order valence-corrected chi connectivity index (χ4v) is 2.41. The molecule has 3 aromatic rings. The van der Waals surface area contributed by atoms with Gasteiger partial charge in [0.1, 0.15) is 11.0 Å². The van der Waals surface area contributed by atoms with Crippen LogP contribution in [0.15, 0.2) is 42.5 Å². The molecular weight excluding hydrogens is 232 g/mol. The summed E-state index contributed by atoms with van der Waals surface area (Å²) in [5.74, 6) is 0. The maximum absolute atomic E-state index is 9.33. The lowest BCUT2D eigenvalue weighted by Gasteiger charge is -2.06. The highest BCUT2D eigenvalue weighted by molar-refractivity contribution is 7.00. The molecule has 0 atom stereocenters. The summed E-state index contributed by atoms with van der Waals surface area (Å²) < 4.78 is 8.41. The molecule has 0 amide bonds. The van der Waals surface area contributed by atoms with Gasteiger partial charge in [-0.1, -0.05) is 30.3 Å². The van der Waals surface area contributed by atoms with Crippen LogP contribution in [0.1, 0.15) is 5.56 Å². The van der Waals surface area contributed by atoms with E-state index < -0.39 is 0 Å². The van der Waals surface area contributed by atoms with Crippen LogP contribution in [0.3, 0.4) is 0 Å². The average molecular weight is 242 g/mol. The zero-order valence-corrected chi connectivity index (χ0v) is 9.81. The highest BCUT2D eigenvalue weighted by Gasteiger charge is 2.05. The maximum atomic E-state index is 9.33. The first-order valence-corrected chi connectivity index (χ1v) is 6.03. The SMILES string of the molecule is OCc1ccccc1-c1ccc2nsnc2c1. The van der Waals surface area contributed by atoms with Crippen molar-refractivity contribution >= 4 is 22.8 Å². The summed E-state index contributed by atoms with van der Waals surface area (Å²) in [7, 11) is 0. The summed E-state index contributed by atoms with van der Waals surface area (Å²) in [5, 5.41) is 9.33. The minimum Gasteiger partial charge on any atom is -0.392 e. The minimum absolute atomic E-state index is 0.0452. The number of nitrogens with zero attached hydrogens (tertiary/aromatic N) is 2. The third-order valence-electron chi connectivity index (χ3n) is 2.75. The number of fused-ring (bicyclic) bond motifs is 1. The molecule has 0 saturated carbocycles. The molecule has 0 aliphatic heterocycles. The van der Waals surface area contributed by atoms with Gasteiger partial charge in [0.15, 0.2) is 0 Å².